The van der Waals surface area contributed by atoms with Crippen molar-refractivity contribution in [2.75, 3.05) is 0 Å². The van der Waals surface area contributed by atoms with Gasteiger partial charge >= 0.3 is 0 Å². The van der Waals surface area contributed by atoms with Gasteiger partial charge in [0, 0.05) is 0 Å². The van der Waals surface area contributed by atoms with Crippen molar-refractivity contribution in [1.82, 2.24) is 0 Å². The summed E-state index contributed by atoms with van der Waals surface area (Å²) in [5.74, 6) is 0. The summed E-state index contributed by atoms with van der Waals surface area (Å²) >= 11 is 0. The van der Waals surface area contributed by atoms with Crippen molar-refractivity contribution in [3.63, 3.8) is 0 Å². The monoisotopic (exact) mass is 204 g/mol. The van der Waals surface area contributed by atoms with Gasteiger partial charge in [0.2, 0.25) is 0 Å². The number of rotatable bonds is 3. The maximum atomic E-state index is 5.88. The van der Waals surface area contributed by atoms with Gasteiger partial charge in [0.25, 0.3) is 0 Å². The molecule has 0 spiro atoms. The quantitative estimate of drug-likeness (QED) is 0.728. The van der Waals surface area contributed by atoms with Crippen molar-refractivity contribution in [1.29, 1.82) is 0 Å². The zero-order chi connectivity index (χ0) is 10.7. The Morgan fingerprint density at radius 1 is 1.13 bits per heavy atom. The average Bonchev–Trinajstić information content (AvgIpc) is 2.73. The molecule has 15 heavy (non-hydrogen) atoms. The normalized spacial score (nSPS) is 17.2. The first-order valence-electron chi connectivity index (χ1n) is 5.93. The fourth-order valence-electron chi connectivity index (χ4n) is 2.16. The van der Waals surface area contributed by atoms with Gasteiger partial charge in [0.05, 0.1) is 12.7 Å². The minimum absolute atomic E-state index is 0.520. The van der Waals surface area contributed by atoms with Crippen molar-refractivity contribution in [3.05, 3.63) is 34.9 Å². The van der Waals surface area contributed by atoms with E-state index in [4.69, 9.17) is 4.74 Å². The molecule has 1 aliphatic carbocycles. The first kappa shape index (κ1) is 10.7. The highest BCUT2D eigenvalue weighted by atomic mass is 16.5. The van der Waals surface area contributed by atoms with Crippen LogP contribution in [-0.2, 0) is 11.3 Å². The van der Waals surface area contributed by atoms with Gasteiger partial charge < -0.3 is 4.74 Å². The molecular weight excluding hydrogens is 184 g/mol. The van der Waals surface area contributed by atoms with Gasteiger partial charge in [-0.2, -0.15) is 0 Å². The molecule has 1 saturated carbocycles. The molecule has 1 heteroatoms. The maximum Gasteiger partial charge on any atom is 0.0720 e. The molecule has 0 unspecified atom stereocenters. The molecule has 0 amide bonds. The van der Waals surface area contributed by atoms with Crippen LogP contribution >= 0.6 is 0 Å². The van der Waals surface area contributed by atoms with Crippen molar-refractivity contribution >= 4 is 0 Å². The van der Waals surface area contributed by atoms with Gasteiger partial charge in [-0.1, -0.05) is 31.0 Å². The zero-order valence-corrected chi connectivity index (χ0v) is 9.75. The molecule has 82 valence electrons. The number of benzene rings is 1. The van der Waals surface area contributed by atoms with Crippen molar-refractivity contribution in [2.24, 2.45) is 0 Å². The van der Waals surface area contributed by atoms with Crippen LogP contribution in [0.5, 0.6) is 0 Å². The first-order chi connectivity index (χ1) is 7.25. The molecule has 0 aliphatic heterocycles. The highest BCUT2D eigenvalue weighted by molar-refractivity contribution is 5.29. The van der Waals surface area contributed by atoms with Crippen LogP contribution in [-0.4, -0.2) is 6.10 Å². The van der Waals surface area contributed by atoms with E-state index in [1.807, 2.05) is 0 Å². The third-order valence-electron chi connectivity index (χ3n) is 3.36. The van der Waals surface area contributed by atoms with Crippen LogP contribution in [0.3, 0.4) is 0 Å². The second-order valence-corrected chi connectivity index (χ2v) is 4.64. The lowest BCUT2D eigenvalue weighted by Gasteiger charge is -2.11. The standard InChI is InChI=1S/C14H20O/c1-11-7-8-13(9-12(11)2)10-15-14-5-3-4-6-14/h7-9,14H,3-6,10H2,1-2H3. The Kier molecular flexibility index (Phi) is 3.42. The molecule has 0 radical (unpaired) electrons. The molecule has 0 saturated heterocycles. The van der Waals surface area contributed by atoms with E-state index in [-0.39, 0.29) is 0 Å². The fraction of sp³-hybridized carbons (Fsp3) is 0.571. The van der Waals surface area contributed by atoms with Gasteiger partial charge in [-0.05, 0) is 43.4 Å². The summed E-state index contributed by atoms with van der Waals surface area (Å²) in [6.45, 7) is 5.09. The Morgan fingerprint density at radius 3 is 2.53 bits per heavy atom. The van der Waals surface area contributed by atoms with E-state index in [0.717, 1.165) is 6.61 Å². The van der Waals surface area contributed by atoms with Crippen LogP contribution in [0.2, 0.25) is 0 Å². The largest absolute Gasteiger partial charge is 0.374 e. The minimum atomic E-state index is 0.520. The Hall–Kier alpha value is -0.820. The van der Waals surface area contributed by atoms with Gasteiger partial charge in [-0.25, -0.2) is 0 Å². The van der Waals surface area contributed by atoms with Crippen LogP contribution < -0.4 is 0 Å². The van der Waals surface area contributed by atoms with E-state index in [0.29, 0.717) is 6.10 Å². The summed E-state index contributed by atoms with van der Waals surface area (Å²) in [4.78, 5) is 0. The molecule has 2 rings (SSSR count). The SMILES string of the molecule is Cc1ccc(COC2CCCC2)cc1C. The van der Waals surface area contributed by atoms with Crippen molar-refractivity contribution in [2.45, 2.75) is 52.2 Å². The summed E-state index contributed by atoms with van der Waals surface area (Å²) in [6.07, 6.45) is 5.72. The predicted molar refractivity (Wildman–Crippen MR) is 63.0 cm³/mol. The van der Waals surface area contributed by atoms with Crippen LogP contribution in [0.15, 0.2) is 18.2 Å². The molecular formula is C14H20O. The molecule has 0 N–H and O–H groups in total. The highest BCUT2D eigenvalue weighted by Gasteiger charge is 2.14. The summed E-state index contributed by atoms with van der Waals surface area (Å²) < 4.78 is 5.88. The second kappa shape index (κ2) is 4.80. The van der Waals surface area contributed by atoms with Crippen LogP contribution in [0.1, 0.15) is 42.4 Å². The molecule has 0 aromatic heterocycles. The van der Waals surface area contributed by atoms with E-state index >= 15 is 0 Å². The lowest BCUT2D eigenvalue weighted by molar-refractivity contribution is 0.0457. The zero-order valence-electron chi connectivity index (χ0n) is 9.75. The average molecular weight is 204 g/mol. The van der Waals surface area contributed by atoms with E-state index in [1.165, 1.54) is 42.4 Å². The fourth-order valence-corrected chi connectivity index (χ4v) is 2.16. The maximum absolute atomic E-state index is 5.88. The summed E-state index contributed by atoms with van der Waals surface area (Å²) in [6, 6.07) is 6.60. The van der Waals surface area contributed by atoms with Crippen LogP contribution in [0.4, 0.5) is 0 Å². The van der Waals surface area contributed by atoms with E-state index < -0.39 is 0 Å². The van der Waals surface area contributed by atoms with E-state index in [9.17, 15) is 0 Å². The molecule has 1 fully saturated rings. The van der Waals surface area contributed by atoms with Gasteiger partial charge in [-0.15, -0.1) is 0 Å². The number of hydrogen-bond acceptors (Lipinski definition) is 1. The summed E-state index contributed by atoms with van der Waals surface area (Å²) in [5.41, 5.74) is 4.03. The summed E-state index contributed by atoms with van der Waals surface area (Å²) in [5, 5.41) is 0. The molecule has 1 aromatic carbocycles. The third-order valence-corrected chi connectivity index (χ3v) is 3.36. The lowest BCUT2D eigenvalue weighted by Crippen LogP contribution is -2.07. The third kappa shape index (κ3) is 2.82. The highest BCUT2D eigenvalue weighted by Crippen LogP contribution is 2.22. The van der Waals surface area contributed by atoms with Gasteiger partial charge in [0.15, 0.2) is 0 Å². The van der Waals surface area contributed by atoms with Gasteiger partial charge in [0.1, 0.15) is 0 Å². The van der Waals surface area contributed by atoms with E-state index in [2.05, 4.69) is 32.0 Å². The predicted octanol–water partition coefficient (Wildman–Crippen LogP) is 3.76. The van der Waals surface area contributed by atoms with Crippen molar-refractivity contribution in [3.8, 4) is 0 Å². The number of ether oxygens (including phenoxy) is 1. The molecule has 0 heterocycles. The van der Waals surface area contributed by atoms with Crippen LogP contribution in [0.25, 0.3) is 0 Å². The Morgan fingerprint density at radius 2 is 1.87 bits per heavy atom. The molecule has 0 atom stereocenters. The molecule has 0 bridgehead atoms. The summed E-state index contributed by atoms with van der Waals surface area (Å²) in [7, 11) is 0. The lowest BCUT2D eigenvalue weighted by atomic mass is 10.1. The molecule has 1 aliphatic rings. The Balaban J connectivity index is 1.90. The number of aryl methyl sites for hydroxylation is 2. The van der Waals surface area contributed by atoms with E-state index in [1.54, 1.807) is 0 Å². The van der Waals surface area contributed by atoms with Crippen LogP contribution in [0, 0.1) is 13.8 Å². The topological polar surface area (TPSA) is 9.23 Å². The van der Waals surface area contributed by atoms with Crippen molar-refractivity contribution < 1.29 is 4.74 Å². The smallest absolute Gasteiger partial charge is 0.0720 e. The second-order valence-electron chi connectivity index (χ2n) is 4.64. The van der Waals surface area contributed by atoms with Gasteiger partial charge in [-0.3, -0.25) is 0 Å². The molecule has 1 aromatic rings. The Labute approximate surface area is 92.5 Å². The minimum Gasteiger partial charge on any atom is -0.374 e. The first-order valence-corrected chi connectivity index (χ1v) is 5.93. The molecule has 1 nitrogen and oxygen atoms in total. The number of hydrogen-bond donors (Lipinski definition) is 0. The Bertz CT molecular complexity index is 324.